The molecule has 0 bridgehead atoms. The van der Waals surface area contributed by atoms with E-state index < -0.39 is 11.7 Å². The summed E-state index contributed by atoms with van der Waals surface area (Å²) in [5.74, 6) is 0. The number of halogens is 3. The number of benzene rings is 1. The minimum atomic E-state index is -4.36. The molecule has 20 heavy (non-hydrogen) atoms. The van der Waals surface area contributed by atoms with E-state index in [1.54, 1.807) is 11.4 Å². The van der Waals surface area contributed by atoms with Crippen LogP contribution in [0.3, 0.4) is 0 Å². The highest BCUT2D eigenvalue weighted by Gasteiger charge is 2.34. The summed E-state index contributed by atoms with van der Waals surface area (Å²) in [5, 5.41) is 5.89. The van der Waals surface area contributed by atoms with E-state index in [-0.39, 0.29) is 11.6 Å². The van der Waals surface area contributed by atoms with Gasteiger partial charge in [-0.25, -0.2) is 4.98 Å². The number of rotatable bonds is 2. The summed E-state index contributed by atoms with van der Waals surface area (Å²) in [6, 6.07) is 5.77. The number of hydrogen-bond donors (Lipinski definition) is 1. The van der Waals surface area contributed by atoms with Crippen molar-refractivity contribution in [1.29, 1.82) is 0 Å². The van der Waals surface area contributed by atoms with E-state index in [1.807, 2.05) is 0 Å². The largest absolute Gasteiger partial charge is 0.417 e. The normalized spacial score (nSPS) is 19.4. The Morgan fingerprint density at radius 2 is 2.05 bits per heavy atom. The first-order valence-electron chi connectivity index (χ1n) is 6.41. The molecule has 1 N–H and O–H groups in total. The summed E-state index contributed by atoms with van der Waals surface area (Å²) < 4.78 is 39.0. The Balaban J connectivity index is 1.97. The molecule has 2 aromatic rings. The van der Waals surface area contributed by atoms with Gasteiger partial charge in [0.15, 0.2) is 0 Å². The summed E-state index contributed by atoms with van der Waals surface area (Å²) in [4.78, 5) is 4.39. The third-order valence-electron chi connectivity index (χ3n) is 3.39. The van der Waals surface area contributed by atoms with Gasteiger partial charge in [0.1, 0.15) is 5.01 Å². The lowest BCUT2D eigenvalue weighted by molar-refractivity contribution is -0.137. The van der Waals surface area contributed by atoms with Crippen LogP contribution < -0.4 is 5.32 Å². The predicted octanol–water partition coefficient (Wildman–Crippen LogP) is 4.25. The number of aromatic nitrogens is 1. The fourth-order valence-corrected chi connectivity index (χ4v) is 3.35. The van der Waals surface area contributed by atoms with Gasteiger partial charge in [0.25, 0.3) is 0 Å². The molecule has 1 aromatic carbocycles. The molecule has 0 radical (unpaired) electrons. The van der Waals surface area contributed by atoms with Crippen molar-refractivity contribution >= 4 is 11.3 Å². The first-order chi connectivity index (χ1) is 9.55. The van der Waals surface area contributed by atoms with Crippen LogP contribution in [0.25, 0.3) is 11.3 Å². The van der Waals surface area contributed by atoms with Crippen molar-refractivity contribution in [2.75, 3.05) is 6.54 Å². The molecule has 0 spiro atoms. The van der Waals surface area contributed by atoms with Gasteiger partial charge in [0, 0.05) is 10.9 Å². The molecule has 1 fully saturated rings. The van der Waals surface area contributed by atoms with E-state index >= 15 is 0 Å². The average Bonchev–Trinajstić information content (AvgIpc) is 3.09. The molecule has 1 aliphatic heterocycles. The second kappa shape index (κ2) is 5.18. The minimum Gasteiger partial charge on any atom is -0.308 e. The summed E-state index contributed by atoms with van der Waals surface area (Å²) >= 11 is 1.42. The maximum absolute atomic E-state index is 13.0. The van der Waals surface area contributed by atoms with Crippen LogP contribution in [0.1, 0.15) is 29.5 Å². The Bertz CT molecular complexity index is 600. The average molecular weight is 298 g/mol. The summed E-state index contributed by atoms with van der Waals surface area (Å²) in [6.45, 7) is 0.943. The maximum Gasteiger partial charge on any atom is 0.417 e. The topological polar surface area (TPSA) is 24.9 Å². The minimum absolute atomic E-state index is 0.153. The summed E-state index contributed by atoms with van der Waals surface area (Å²) in [5.41, 5.74) is -0.0663. The highest BCUT2D eigenvalue weighted by molar-refractivity contribution is 7.10. The van der Waals surface area contributed by atoms with Crippen molar-refractivity contribution in [3.63, 3.8) is 0 Å². The van der Waals surface area contributed by atoms with Crippen LogP contribution >= 0.6 is 11.3 Å². The van der Waals surface area contributed by atoms with Gasteiger partial charge in [-0.05, 0) is 25.5 Å². The lowest BCUT2D eigenvalue weighted by atomic mass is 10.1. The van der Waals surface area contributed by atoms with E-state index in [4.69, 9.17) is 0 Å². The Hall–Kier alpha value is -1.40. The van der Waals surface area contributed by atoms with Crippen LogP contribution in [0.2, 0.25) is 0 Å². The molecule has 1 aliphatic rings. The summed E-state index contributed by atoms with van der Waals surface area (Å²) in [6.07, 6.45) is -2.28. The van der Waals surface area contributed by atoms with Crippen molar-refractivity contribution in [2.45, 2.75) is 25.1 Å². The smallest absolute Gasteiger partial charge is 0.308 e. The van der Waals surface area contributed by atoms with E-state index in [0.29, 0.717) is 5.69 Å². The molecule has 3 rings (SSSR count). The van der Waals surface area contributed by atoms with Crippen molar-refractivity contribution in [3.05, 3.63) is 40.2 Å². The van der Waals surface area contributed by atoms with Crippen LogP contribution in [0.5, 0.6) is 0 Å². The second-order valence-corrected chi connectivity index (χ2v) is 5.65. The number of thiazole rings is 1. The standard InChI is InChI=1S/C14H13F3N2S/c15-14(16,17)10-5-2-1-4-9(10)12-8-20-13(19-12)11-6-3-7-18-11/h1-2,4-5,8,11,18H,3,6-7H2. The summed E-state index contributed by atoms with van der Waals surface area (Å²) in [7, 11) is 0. The fraction of sp³-hybridized carbons (Fsp3) is 0.357. The van der Waals surface area contributed by atoms with Crippen molar-refractivity contribution in [3.8, 4) is 11.3 Å². The van der Waals surface area contributed by atoms with Gasteiger partial charge in [-0.2, -0.15) is 13.2 Å². The maximum atomic E-state index is 13.0. The Kier molecular flexibility index (Phi) is 3.52. The van der Waals surface area contributed by atoms with Gasteiger partial charge in [-0.15, -0.1) is 11.3 Å². The molecule has 0 saturated carbocycles. The lowest BCUT2D eigenvalue weighted by Gasteiger charge is -2.11. The molecule has 1 saturated heterocycles. The van der Waals surface area contributed by atoms with Crippen molar-refractivity contribution in [2.24, 2.45) is 0 Å². The van der Waals surface area contributed by atoms with Gasteiger partial charge in [-0.3, -0.25) is 0 Å². The fourth-order valence-electron chi connectivity index (χ4n) is 2.42. The quantitative estimate of drug-likeness (QED) is 0.896. The van der Waals surface area contributed by atoms with Gasteiger partial charge in [-0.1, -0.05) is 18.2 Å². The van der Waals surface area contributed by atoms with Crippen molar-refractivity contribution < 1.29 is 13.2 Å². The Labute approximate surface area is 118 Å². The van der Waals surface area contributed by atoms with Gasteiger partial charge in [0.05, 0.1) is 17.3 Å². The highest BCUT2D eigenvalue weighted by Crippen LogP contribution is 2.38. The zero-order valence-corrected chi connectivity index (χ0v) is 11.4. The van der Waals surface area contributed by atoms with E-state index in [1.165, 1.54) is 23.5 Å². The zero-order valence-electron chi connectivity index (χ0n) is 10.6. The molecular weight excluding hydrogens is 285 g/mol. The number of nitrogens with one attached hydrogen (secondary N) is 1. The van der Waals surface area contributed by atoms with E-state index in [9.17, 15) is 13.2 Å². The van der Waals surface area contributed by atoms with Gasteiger partial charge in [0.2, 0.25) is 0 Å². The molecule has 0 aliphatic carbocycles. The molecule has 0 amide bonds. The van der Waals surface area contributed by atoms with Crippen LogP contribution in [0, 0.1) is 0 Å². The molecule has 106 valence electrons. The van der Waals surface area contributed by atoms with Crippen LogP contribution in [-0.2, 0) is 6.18 Å². The zero-order chi connectivity index (χ0) is 14.2. The van der Waals surface area contributed by atoms with Crippen LogP contribution in [-0.4, -0.2) is 11.5 Å². The third kappa shape index (κ3) is 2.58. The van der Waals surface area contributed by atoms with Crippen LogP contribution in [0.4, 0.5) is 13.2 Å². The first kappa shape index (κ1) is 13.6. The molecule has 2 nitrogen and oxygen atoms in total. The van der Waals surface area contributed by atoms with Gasteiger partial charge >= 0.3 is 6.18 Å². The molecular formula is C14H13F3N2S. The molecule has 2 heterocycles. The molecule has 1 atom stereocenters. The lowest BCUT2D eigenvalue weighted by Crippen LogP contribution is -2.12. The molecule has 6 heteroatoms. The molecule has 1 unspecified atom stereocenters. The van der Waals surface area contributed by atoms with E-state index in [0.717, 1.165) is 30.5 Å². The van der Waals surface area contributed by atoms with Crippen molar-refractivity contribution in [1.82, 2.24) is 10.3 Å². The Morgan fingerprint density at radius 3 is 2.75 bits per heavy atom. The number of nitrogens with zero attached hydrogens (tertiary/aromatic N) is 1. The second-order valence-electron chi connectivity index (χ2n) is 4.76. The number of hydrogen-bond acceptors (Lipinski definition) is 3. The predicted molar refractivity (Wildman–Crippen MR) is 72.5 cm³/mol. The van der Waals surface area contributed by atoms with Gasteiger partial charge < -0.3 is 5.32 Å². The third-order valence-corrected chi connectivity index (χ3v) is 4.35. The highest BCUT2D eigenvalue weighted by atomic mass is 32.1. The number of alkyl halides is 3. The SMILES string of the molecule is FC(F)(F)c1ccccc1-c1csc(C2CCCN2)n1. The van der Waals surface area contributed by atoms with Crippen LogP contribution in [0.15, 0.2) is 29.6 Å². The Morgan fingerprint density at radius 1 is 1.25 bits per heavy atom. The van der Waals surface area contributed by atoms with E-state index in [2.05, 4.69) is 10.3 Å². The molecule has 1 aromatic heterocycles. The first-order valence-corrected chi connectivity index (χ1v) is 7.29. The monoisotopic (exact) mass is 298 g/mol.